The Morgan fingerprint density at radius 3 is 2.67 bits per heavy atom. The van der Waals surface area contributed by atoms with E-state index in [-0.39, 0.29) is 5.41 Å². The van der Waals surface area contributed by atoms with Gasteiger partial charge in [-0.25, -0.2) is 0 Å². The first-order chi connectivity index (χ1) is 7.27. The zero-order chi connectivity index (χ0) is 10.5. The molecule has 3 rings (SSSR count). The summed E-state index contributed by atoms with van der Waals surface area (Å²) in [5.41, 5.74) is 5.40. The number of rotatable bonds is 1. The van der Waals surface area contributed by atoms with Crippen molar-refractivity contribution in [2.45, 2.75) is 50.9 Å². The van der Waals surface area contributed by atoms with Crippen molar-refractivity contribution in [2.75, 3.05) is 0 Å². The van der Waals surface area contributed by atoms with E-state index in [1.807, 2.05) is 0 Å². The van der Waals surface area contributed by atoms with Gasteiger partial charge in [0, 0.05) is 11.4 Å². The summed E-state index contributed by atoms with van der Waals surface area (Å²) in [7, 11) is 0. The monoisotopic (exact) mass is 200 g/mol. The Hall–Kier alpha value is -1.23. The Labute approximate surface area is 90.3 Å². The normalized spacial score (nSPS) is 21.9. The van der Waals surface area contributed by atoms with Gasteiger partial charge in [0.25, 0.3) is 0 Å². The van der Waals surface area contributed by atoms with Crippen LogP contribution in [0, 0.1) is 18.3 Å². The first kappa shape index (κ1) is 9.03. The minimum absolute atomic E-state index is 0.106. The summed E-state index contributed by atoms with van der Waals surface area (Å²) in [6.45, 7) is 2.13. The highest BCUT2D eigenvalue weighted by Crippen LogP contribution is 2.51. The molecule has 0 bridgehead atoms. The number of nitrogens with one attached hydrogen (secondary N) is 1. The summed E-state index contributed by atoms with van der Waals surface area (Å²) < 4.78 is 0. The molecule has 0 amide bonds. The number of nitrogens with zero attached hydrogens (tertiary/aromatic N) is 1. The summed E-state index contributed by atoms with van der Waals surface area (Å²) in [6, 6.07) is 2.53. The van der Waals surface area contributed by atoms with E-state index in [1.165, 1.54) is 48.2 Å². The molecule has 0 aliphatic heterocycles. The van der Waals surface area contributed by atoms with Gasteiger partial charge < -0.3 is 4.98 Å². The Balaban J connectivity index is 2.15. The molecule has 1 heterocycles. The van der Waals surface area contributed by atoms with Crippen molar-refractivity contribution in [3.8, 4) is 6.07 Å². The number of aryl methyl sites for hydroxylation is 2. The molecule has 78 valence electrons. The molecule has 2 aliphatic carbocycles. The van der Waals surface area contributed by atoms with Crippen LogP contribution < -0.4 is 0 Å². The molecule has 1 fully saturated rings. The van der Waals surface area contributed by atoms with Crippen molar-refractivity contribution in [3.63, 3.8) is 0 Å². The van der Waals surface area contributed by atoms with Crippen LogP contribution in [-0.2, 0) is 18.3 Å². The highest BCUT2D eigenvalue weighted by atomic mass is 14.8. The van der Waals surface area contributed by atoms with Crippen LogP contribution in [0.15, 0.2) is 0 Å². The molecule has 2 aliphatic rings. The van der Waals surface area contributed by atoms with Gasteiger partial charge in [0.1, 0.15) is 0 Å². The van der Waals surface area contributed by atoms with Crippen molar-refractivity contribution >= 4 is 0 Å². The summed E-state index contributed by atoms with van der Waals surface area (Å²) >= 11 is 0. The van der Waals surface area contributed by atoms with E-state index in [1.54, 1.807) is 0 Å². The molecule has 1 aromatic heterocycles. The molecular formula is C13H16N2. The van der Waals surface area contributed by atoms with E-state index in [0.29, 0.717) is 0 Å². The molecule has 1 saturated carbocycles. The fraction of sp³-hybridized carbons (Fsp3) is 0.615. The number of aromatic amines is 1. The van der Waals surface area contributed by atoms with Crippen LogP contribution in [0.2, 0.25) is 0 Å². The number of hydrogen-bond donors (Lipinski definition) is 1. The third-order valence-electron chi connectivity index (χ3n) is 3.93. The van der Waals surface area contributed by atoms with Crippen molar-refractivity contribution in [1.29, 1.82) is 5.26 Å². The van der Waals surface area contributed by atoms with Gasteiger partial charge in [-0.3, -0.25) is 0 Å². The van der Waals surface area contributed by atoms with Gasteiger partial charge >= 0.3 is 0 Å². The number of fused-ring (bicyclic) bond motifs is 1. The lowest BCUT2D eigenvalue weighted by atomic mass is 9.87. The van der Waals surface area contributed by atoms with Gasteiger partial charge in [-0.1, -0.05) is 0 Å². The molecule has 0 aromatic carbocycles. The van der Waals surface area contributed by atoms with Gasteiger partial charge in [0.05, 0.1) is 11.5 Å². The lowest BCUT2D eigenvalue weighted by Crippen LogP contribution is -2.09. The average molecular weight is 200 g/mol. The van der Waals surface area contributed by atoms with Gasteiger partial charge in [-0.05, 0) is 56.6 Å². The Morgan fingerprint density at radius 1 is 1.27 bits per heavy atom. The van der Waals surface area contributed by atoms with E-state index < -0.39 is 0 Å². The van der Waals surface area contributed by atoms with E-state index >= 15 is 0 Å². The predicted molar refractivity (Wildman–Crippen MR) is 58.7 cm³/mol. The quantitative estimate of drug-likeness (QED) is 0.744. The predicted octanol–water partition coefficient (Wildman–Crippen LogP) is 2.76. The van der Waals surface area contributed by atoms with Crippen LogP contribution in [0.3, 0.4) is 0 Å². The third-order valence-corrected chi connectivity index (χ3v) is 3.93. The number of H-pyrrole nitrogens is 1. The maximum absolute atomic E-state index is 9.29. The Kier molecular flexibility index (Phi) is 1.74. The molecule has 0 saturated heterocycles. The van der Waals surface area contributed by atoms with Crippen molar-refractivity contribution < 1.29 is 0 Å². The lowest BCUT2D eigenvalue weighted by Gasteiger charge is -2.14. The first-order valence-electron chi connectivity index (χ1n) is 5.89. The number of aromatic nitrogens is 1. The molecule has 0 unspecified atom stereocenters. The Morgan fingerprint density at radius 2 is 2.00 bits per heavy atom. The second-order valence-electron chi connectivity index (χ2n) is 4.98. The molecular weight excluding hydrogens is 184 g/mol. The standard InChI is InChI=1S/C13H16N2/c1-9-12(13(8-14)6-7-13)10-4-2-3-5-11(10)15-9/h15H,2-7H2,1H3. The maximum Gasteiger partial charge on any atom is 0.0843 e. The number of nitriles is 1. The van der Waals surface area contributed by atoms with Crippen molar-refractivity contribution in [2.24, 2.45) is 0 Å². The molecule has 0 atom stereocenters. The lowest BCUT2D eigenvalue weighted by molar-refractivity contribution is 0.669. The van der Waals surface area contributed by atoms with Gasteiger partial charge in [-0.2, -0.15) is 5.26 Å². The zero-order valence-electron chi connectivity index (χ0n) is 9.19. The second kappa shape index (κ2) is 2.88. The largest absolute Gasteiger partial charge is 0.362 e. The van der Waals surface area contributed by atoms with Crippen LogP contribution in [0.4, 0.5) is 0 Å². The average Bonchev–Trinajstić information content (AvgIpc) is 2.95. The molecule has 1 aromatic rings. The zero-order valence-corrected chi connectivity index (χ0v) is 9.19. The van der Waals surface area contributed by atoms with Crippen molar-refractivity contribution in [3.05, 3.63) is 22.5 Å². The fourth-order valence-electron chi connectivity index (χ4n) is 3.02. The Bertz CT molecular complexity index is 444. The summed E-state index contributed by atoms with van der Waals surface area (Å²) in [4.78, 5) is 3.49. The minimum atomic E-state index is -0.106. The molecule has 2 nitrogen and oxygen atoms in total. The van der Waals surface area contributed by atoms with Crippen molar-refractivity contribution in [1.82, 2.24) is 4.98 Å². The third kappa shape index (κ3) is 1.16. The van der Waals surface area contributed by atoms with Crippen LogP contribution >= 0.6 is 0 Å². The molecule has 2 heteroatoms. The topological polar surface area (TPSA) is 39.6 Å². The van der Waals surface area contributed by atoms with Crippen LogP contribution in [0.25, 0.3) is 0 Å². The number of hydrogen-bond acceptors (Lipinski definition) is 1. The van der Waals surface area contributed by atoms with Crippen LogP contribution in [0.1, 0.15) is 48.2 Å². The SMILES string of the molecule is Cc1[nH]c2c(c1C1(C#N)CC1)CCCC2. The van der Waals surface area contributed by atoms with E-state index in [9.17, 15) is 5.26 Å². The molecule has 0 spiro atoms. The molecule has 15 heavy (non-hydrogen) atoms. The molecule has 1 N–H and O–H groups in total. The van der Waals surface area contributed by atoms with E-state index in [0.717, 1.165) is 12.8 Å². The maximum atomic E-state index is 9.29. The fourth-order valence-corrected chi connectivity index (χ4v) is 3.02. The highest BCUT2D eigenvalue weighted by Gasteiger charge is 2.48. The summed E-state index contributed by atoms with van der Waals surface area (Å²) in [5.74, 6) is 0. The minimum Gasteiger partial charge on any atom is -0.362 e. The molecule has 0 radical (unpaired) electrons. The summed E-state index contributed by atoms with van der Waals surface area (Å²) in [5, 5.41) is 9.29. The highest BCUT2D eigenvalue weighted by molar-refractivity contribution is 5.50. The van der Waals surface area contributed by atoms with E-state index in [4.69, 9.17) is 0 Å². The van der Waals surface area contributed by atoms with Crippen LogP contribution in [-0.4, -0.2) is 4.98 Å². The van der Waals surface area contributed by atoms with Gasteiger partial charge in [0.2, 0.25) is 0 Å². The first-order valence-corrected chi connectivity index (χ1v) is 5.89. The second-order valence-corrected chi connectivity index (χ2v) is 4.98. The van der Waals surface area contributed by atoms with Crippen LogP contribution in [0.5, 0.6) is 0 Å². The van der Waals surface area contributed by atoms with Gasteiger partial charge in [-0.15, -0.1) is 0 Å². The smallest absolute Gasteiger partial charge is 0.0843 e. The van der Waals surface area contributed by atoms with Gasteiger partial charge in [0.15, 0.2) is 0 Å². The summed E-state index contributed by atoms with van der Waals surface area (Å²) in [6.07, 6.45) is 7.07. The van der Waals surface area contributed by atoms with E-state index in [2.05, 4.69) is 18.0 Å².